The molecule has 110 valence electrons. The maximum Gasteiger partial charge on any atom is 0.286 e. The number of amidine groups is 1. The molecule has 1 aliphatic rings. The summed E-state index contributed by atoms with van der Waals surface area (Å²) in [6, 6.07) is 4.66. The van der Waals surface area contributed by atoms with E-state index in [0.717, 1.165) is 25.7 Å². The van der Waals surface area contributed by atoms with Crippen LogP contribution in [0.15, 0.2) is 27.5 Å². The third kappa shape index (κ3) is 2.97. The van der Waals surface area contributed by atoms with Crippen LogP contribution >= 0.6 is 11.6 Å². The number of anilines is 1. The standard InChI is InChI=1S/C13H18ClN3O2S/c1-2-3-4-5-9-12-16-20(18,19)11-8-6-7-10(14)13(11)17(12)15/h6-8H,2-5,9,15H2,1H3. The minimum Gasteiger partial charge on any atom is -0.262 e. The van der Waals surface area contributed by atoms with E-state index in [1.54, 1.807) is 12.1 Å². The summed E-state index contributed by atoms with van der Waals surface area (Å²) in [6.07, 6.45) is 4.64. The zero-order valence-corrected chi connectivity index (χ0v) is 12.9. The second kappa shape index (κ2) is 6.11. The zero-order chi connectivity index (χ0) is 14.8. The molecule has 0 aromatic heterocycles. The number of benzene rings is 1. The van der Waals surface area contributed by atoms with Gasteiger partial charge < -0.3 is 0 Å². The number of hydrogen-bond acceptors (Lipinski definition) is 4. The molecule has 0 spiro atoms. The normalized spacial score (nSPS) is 16.8. The van der Waals surface area contributed by atoms with Crippen molar-refractivity contribution >= 4 is 33.1 Å². The van der Waals surface area contributed by atoms with Crippen molar-refractivity contribution in [2.45, 2.75) is 43.9 Å². The van der Waals surface area contributed by atoms with E-state index in [4.69, 9.17) is 17.4 Å². The molecule has 0 aliphatic carbocycles. The molecule has 2 N–H and O–H groups in total. The fourth-order valence-electron chi connectivity index (χ4n) is 2.17. The fraction of sp³-hybridized carbons (Fsp3) is 0.462. The van der Waals surface area contributed by atoms with Crippen LogP contribution in [0.5, 0.6) is 0 Å². The monoisotopic (exact) mass is 315 g/mol. The van der Waals surface area contributed by atoms with Crippen LogP contribution in [0.25, 0.3) is 0 Å². The maximum absolute atomic E-state index is 12.1. The third-order valence-electron chi connectivity index (χ3n) is 3.23. The van der Waals surface area contributed by atoms with Crippen molar-refractivity contribution in [3.8, 4) is 0 Å². The van der Waals surface area contributed by atoms with E-state index < -0.39 is 10.0 Å². The SMILES string of the molecule is CCCCCCC1=NS(=O)(=O)c2cccc(Cl)c2N1N. The van der Waals surface area contributed by atoms with E-state index in [1.165, 1.54) is 11.1 Å². The number of unbranched alkanes of at least 4 members (excludes halogenated alkanes) is 3. The second-order valence-electron chi connectivity index (χ2n) is 4.75. The summed E-state index contributed by atoms with van der Waals surface area (Å²) >= 11 is 6.07. The molecule has 7 heteroatoms. The molecule has 0 atom stereocenters. The number of halogens is 1. The number of para-hydroxylation sites is 1. The van der Waals surface area contributed by atoms with Gasteiger partial charge in [-0.05, 0) is 18.6 Å². The van der Waals surface area contributed by atoms with Crippen LogP contribution < -0.4 is 10.9 Å². The van der Waals surface area contributed by atoms with Gasteiger partial charge in [-0.3, -0.25) is 5.01 Å². The molecule has 5 nitrogen and oxygen atoms in total. The van der Waals surface area contributed by atoms with Gasteiger partial charge in [-0.1, -0.05) is 43.9 Å². The lowest BCUT2D eigenvalue weighted by molar-refractivity contribution is 0.596. The highest BCUT2D eigenvalue weighted by molar-refractivity contribution is 7.90. The molecule has 0 saturated heterocycles. The Labute approximate surface area is 124 Å². The number of sulfonamides is 1. The first kappa shape index (κ1) is 15.3. The molecule has 1 aromatic rings. The number of hydrogen-bond donors (Lipinski definition) is 1. The third-order valence-corrected chi connectivity index (χ3v) is 4.87. The summed E-state index contributed by atoms with van der Waals surface area (Å²) in [5.41, 5.74) is 0.314. The van der Waals surface area contributed by atoms with Crippen molar-refractivity contribution in [1.29, 1.82) is 0 Å². The number of hydrazine groups is 1. The highest BCUT2D eigenvalue weighted by Crippen LogP contribution is 2.36. The van der Waals surface area contributed by atoms with Crippen LogP contribution in [0.2, 0.25) is 5.02 Å². The molecule has 20 heavy (non-hydrogen) atoms. The lowest BCUT2D eigenvalue weighted by Crippen LogP contribution is -2.41. The van der Waals surface area contributed by atoms with Crippen LogP contribution in [-0.4, -0.2) is 14.3 Å². The van der Waals surface area contributed by atoms with Crippen molar-refractivity contribution in [2.24, 2.45) is 10.2 Å². The average molecular weight is 316 g/mol. The minimum atomic E-state index is -3.71. The molecule has 0 fully saturated rings. The van der Waals surface area contributed by atoms with E-state index in [-0.39, 0.29) is 4.90 Å². The van der Waals surface area contributed by atoms with Gasteiger partial charge in [0.1, 0.15) is 10.7 Å². The Balaban J connectivity index is 2.30. The zero-order valence-electron chi connectivity index (χ0n) is 11.3. The molecule has 1 aliphatic heterocycles. The van der Waals surface area contributed by atoms with Gasteiger partial charge in [0, 0.05) is 6.42 Å². The molecule has 2 rings (SSSR count). The number of nitrogens with two attached hydrogens (primary N) is 1. The fourth-order valence-corrected chi connectivity index (χ4v) is 3.75. The highest BCUT2D eigenvalue weighted by atomic mass is 35.5. The lowest BCUT2D eigenvalue weighted by atomic mass is 10.1. The average Bonchev–Trinajstić information content (AvgIpc) is 2.40. The summed E-state index contributed by atoms with van der Waals surface area (Å²) in [4.78, 5) is 0.0600. The Bertz CT molecular complexity index is 629. The quantitative estimate of drug-likeness (QED) is 0.669. The van der Waals surface area contributed by atoms with Gasteiger partial charge in [0.2, 0.25) is 0 Å². The van der Waals surface area contributed by atoms with Crippen molar-refractivity contribution in [2.75, 3.05) is 5.01 Å². The van der Waals surface area contributed by atoms with Crippen LogP contribution in [0.3, 0.4) is 0 Å². The smallest absolute Gasteiger partial charge is 0.262 e. The van der Waals surface area contributed by atoms with Crippen LogP contribution in [0.1, 0.15) is 39.0 Å². The minimum absolute atomic E-state index is 0.0600. The largest absolute Gasteiger partial charge is 0.286 e. The Morgan fingerprint density at radius 3 is 2.75 bits per heavy atom. The molecule has 0 unspecified atom stereocenters. The van der Waals surface area contributed by atoms with Gasteiger partial charge in [-0.25, -0.2) is 5.84 Å². The van der Waals surface area contributed by atoms with Gasteiger partial charge in [-0.2, -0.15) is 8.42 Å². The second-order valence-corrected chi connectivity index (χ2v) is 6.73. The van der Waals surface area contributed by atoms with Crippen molar-refractivity contribution in [3.05, 3.63) is 23.2 Å². The first-order valence-corrected chi connectivity index (χ1v) is 8.46. The van der Waals surface area contributed by atoms with E-state index in [2.05, 4.69) is 11.3 Å². The molecule has 0 saturated carbocycles. The van der Waals surface area contributed by atoms with Gasteiger partial charge in [0.25, 0.3) is 10.0 Å². The summed E-state index contributed by atoms with van der Waals surface area (Å²) in [6.45, 7) is 2.12. The predicted molar refractivity (Wildman–Crippen MR) is 81.5 cm³/mol. The molecule has 0 amide bonds. The number of fused-ring (bicyclic) bond motifs is 1. The van der Waals surface area contributed by atoms with E-state index in [1.807, 2.05) is 0 Å². The number of rotatable bonds is 5. The molecule has 1 aromatic carbocycles. The van der Waals surface area contributed by atoms with E-state index in [0.29, 0.717) is 23.0 Å². The first-order valence-electron chi connectivity index (χ1n) is 6.64. The predicted octanol–water partition coefficient (Wildman–Crippen LogP) is 3.09. The molecule has 0 radical (unpaired) electrons. The van der Waals surface area contributed by atoms with E-state index >= 15 is 0 Å². The summed E-state index contributed by atoms with van der Waals surface area (Å²) < 4.78 is 28.1. The number of nitrogens with zero attached hydrogens (tertiary/aromatic N) is 2. The van der Waals surface area contributed by atoms with Crippen molar-refractivity contribution < 1.29 is 8.42 Å². The van der Waals surface area contributed by atoms with Gasteiger partial charge in [0.05, 0.1) is 10.7 Å². The van der Waals surface area contributed by atoms with Gasteiger partial charge in [-0.15, -0.1) is 4.40 Å². The first-order chi connectivity index (χ1) is 9.47. The van der Waals surface area contributed by atoms with Crippen molar-refractivity contribution in [3.63, 3.8) is 0 Å². The van der Waals surface area contributed by atoms with Crippen LogP contribution in [0, 0.1) is 0 Å². The van der Waals surface area contributed by atoms with Gasteiger partial charge >= 0.3 is 0 Å². The van der Waals surface area contributed by atoms with Gasteiger partial charge in [0.15, 0.2) is 0 Å². The summed E-state index contributed by atoms with van der Waals surface area (Å²) in [5, 5.41) is 1.61. The molecule has 0 bridgehead atoms. The maximum atomic E-state index is 12.1. The Morgan fingerprint density at radius 2 is 2.05 bits per heavy atom. The molecular formula is C13H18ClN3O2S. The lowest BCUT2D eigenvalue weighted by Gasteiger charge is -2.27. The molecule has 1 heterocycles. The Morgan fingerprint density at radius 1 is 1.30 bits per heavy atom. The van der Waals surface area contributed by atoms with Crippen molar-refractivity contribution in [1.82, 2.24) is 0 Å². The Hall–Kier alpha value is -1.11. The molecular weight excluding hydrogens is 298 g/mol. The van der Waals surface area contributed by atoms with Crippen LogP contribution in [-0.2, 0) is 10.0 Å². The highest BCUT2D eigenvalue weighted by Gasteiger charge is 2.30. The van der Waals surface area contributed by atoms with Crippen LogP contribution in [0.4, 0.5) is 5.69 Å². The summed E-state index contributed by atoms with van der Waals surface area (Å²) in [7, 11) is -3.71. The topological polar surface area (TPSA) is 75.8 Å². The Kier molecular flexibility index (Phi) is 4.67. The van der Waals surface area contributed by atoms with E-state index in [9.17, 15) is 8.42 Å². The summed E-state index contributed by atoms with van der Waals surface area (Å²) in [5.74, 6) is 6.33.